The standard InChI is InChI=1S/C21H23BFN3S.C4H8F2N2.CH4/c1-3-18-9-10-19(21(23)15-18)16-26(20-7-5-4-6-8-20)27(2)25-13-11-22(17-24)12-14-25;1-3(4(5)6)8-7-2;/h3-10,15H,1-2,11-14,16H2;4,7-8H,1H2,2H3;1H4. The van der Waals surface area contributed by atoms with E-state index in [1.807, 2.05) is 42.5 Å². The number of benzene rings is 2. The highest BCUT2D eigenvalue weighted by Gasteiger charge is 2.26. The number of allylic oxidation sites excluding steroid dienone is 1. The Morgan fingerprint density at radius 1 is 1.25 bits per heavy atom. The Morgan fingerprint density at radius 3 is 2.36 bits per heavy atom. The maximum Gasteiger partial charge on any atom is 0.278 e. The van der Waals surface area contributed by atoms with Crippen LogP contribution < -0.4 is 15.2 Å². The summed E-state index contributed by atoms with van der Waals surface area (Å²) in [6.07, 6.45) is 0.871. The minimum Gasteiger partial charge on any atom is -0.321 e. The Balaban J connectivity index is 0.000000625. The van der Waals surface area contributed by atoms with E-state index in [1.165, 1.54) is 13.1 Å². The van der Waals surface area contributed by atoms with Gasteiger partial charge < -0.3 is 9.73 Å². The molecule has 1 aliphatic heterocycles. The molecule has 2 N–H and O–H groups in total. The van der Waals surface area contributed by atoms with Gasteiger partial charge >= 0.3 is 0 Å². The van der Waals surface area contributed by atoms with Gasteiger partial charge in [-0.25, -0.2) is 28.2 Å². The van der Waals surface area contributed by atoms with Crippen LogP contribution in [0.4, 0.5) is 18.9 Å². The summed E-state index contributed by atoms with van der Waals surface area (Å²) in [5.74, 6) is 6.55. The van der Waals surface area contributed by atoms with E-state index in [-0.39, 0.29) is 25.7 Å². The van der Waals surface area contributed by atoms with Crippen LogP contribution in [0.25, 0.3) is 6.08 Å². The van der Waals surface area contributed by atoms with Gasteiger partial charge in [0.25, 0.3) is 13.1 Å². The average Bonchev–Trinajstić information content (AvgIpc) is 2.88. The highest BCUT2D eigenvalue weighted by Crippen LogP contribution is 2.34. The first-order valence-electron chi connectivity index (χ1n) is 11.1. The fraction of sp³-hybridized carbons (Fsp3) is 0.308. The van der Waals surface area contributed by atoms with Gasteiger partial charge in [0, 0.05) is 37.4 Å². The van der Waals surface area contributed by atoms with Crippen LogP contribution in [0.2, 0.25) is 12.6 Å². The van der Waals surface area contributed by atoms with Crippen molar-refractivity contribution >= 4 is 35.2 Å². The van der Waals surface area contributed by atoms with Crippen LogP contribution in [-0.4, -0.2) is 43.5 Å². The van der Waals surface area contributed by atoms with Crippen LogP contribution >= 0.6 is 10.9 Å². The molecule has 0 aromatic heterocycles. The van der Waals surface area contributed by atoms with E-state index in [0.717, 1.165) is 37.0 Å². The Labute approximate surface area is 216 Å². The fourth-order valence-electron chi connectivity index (χ4n) is 3.41. The van der Waals surface area contributed by atoms with E-state index in [0.29, 0.717) is 12.1 Å². The second-order valence-electron chi connectivity index (χ2n) is 7.80. The van der Waals surface area contributed by atoms with Crippen molar-refractivity contribution in [2.45, 2.75) is 33.0 Å². The summed E-state index contributed by atoms with van der Waals surface area (Å²) in [6.45, 7) is 8.97. The predicted molar refractivity (Wildman–Crippen MR) is 150 cm³/mol. The molecule has 194 valence electrons. The molecule has 1 heterocycles. The number of para-hydroxylation sites is 1. The number of hydrazine groups is 1. The summed E-state index contributed by atoms with van der Waals surface area (Å²) in [5.41, 5.74) is 6.59. The van der Waals surface area contributed by atoms with Crippen LogP contribution in [0.1, 0.15) is 18.6 Å². The molecule has 2 aromatic rings. The van der Waals surface area contributed by atoms with Crippen molar-refractivity contribution in [3.05, 3.63) is 84.3 Å². The Bertz CT molecular complexity index is 1040. The Kier molecular flexibility index (Phi) is 13.7. The van der Waals surface area contributed by atoms with Crippen LogP contribution in [0.3, 0.4) is 0 Å². The zero-order chi connectivity index (χ0) is 25.8. The lowest BCUT2D eigenvalue weighted by Gasteiger charge is -2.37. The van der Waals surface area contributed by atoms with E-state index in [4.69, 9.17) is 5.26 Å². The number of anilines is 1. The first-order chi connectivity index (χ1) is 16.8. The highest BCUT2D eigenvalue weighted by molar-refractivity contribution is 8.13. The van der Waals surface area contributed by atoms with Crippen molar-refractivity contribution in [3.8, 4) is 5.97 Å². The molecule has 0 saturated carbocycles. The normalized spacial score (nSPS) is 13.9. The molecule has 1 aliphatic rings. The van der Waals surface area contributed by atoms with E-state index < -0.39 is 17.3 Å². The number of nitriles is 1. The number of hydrogen-bond acceptors (Lipinski definition) is 5. The lowest BCUT2D eigenvalue weighted by atomic mass is 9.45. The zero-order valence-corrected chi connectivity index (χ0v) is 20.7. The monoisotopic (exact) mass is 517 g/mol. The lowest BCUT2D eigenvalue weighted by molar-refractivity contribution is 0.178. The molecule has 36 heavy (non-hydrogen) atoms. The zero-order valence-electron chi connectivity index (χ0n) is 19.9. The molecule has 3 rings (SSSR count). The maximum absolute atomic E-state index is 14.6. The van der Waals surface area contributed by atoms with Crippen LogP contribution in [0.5, 0.6) is 0 Å². The Hall–Kier alpha value is -3.00. The molecule has 10 heteroatoms. The quantitative estimate of drug-likeness (QED) is 0.243. The molecule has 2 aromatic carbocycles. The first-order valence-corrected chi connectivity index (χ1v) is 12.4. The number of rotatable bonds is 9. The molecular weight excluding hydrogens is 482 g/mol. The SMILES string of the molecule is C.C=C(NNC)C(F)F.C=Cc1ccc(CN(c2ccccc2)S(=C)N2CCB(C#N)CC2)c(F)c1. The fourth-order valence-corrected chi connectivity index (χ4v) is 4.97. The number of nitrogens with one attached hydrogen (secondary N) is 2. The molecule has 0 amide bonds. The molecule has 0 radical (unpaired) electrons. The molecule has 0 aliphatic carbocycles. The minimum atomic E-state index is -2.50. The third-order valence-electron chi connectivity index (χ3n) is 5.41. The molecule has 5 nitrogen and oxygen atoms in total. The molecule has 0 bridgehead atoms. The highest BCUT2D eigenvalue weighted by atomic mass is 32.2. The number of nitrogens with zero attached hydrogens (tertiary/aromatic N) is 3. The van der Waals surface area contributed by atoms with Gasteiger partial charge in [-0.3, -0.25) is 0 Å². The van der Waals surface area contributed by atoms with Crippen molar-refractivity contribution in [3.63, 3.8) is 0 Å². The van der Waals surface area contributed by atoms with E-state index in [2.05, 4.69) is 44.5 Å². The van der Waals surface area contributed by atoms with Gasteiger partial charge in [0.05, 0.1) is 12.2 Å². The molecule has 1 unspecified atom stereocenters. The van der Waals surface area contributed by atoms with Crippen LogP contribution in [-0.2, 0) is 6.54 Å². The van der Waals surface area contributed by atoms with Crippen molar-refractivity contribution < 1.29 is 13.2 Å². The Morgan fingerprint density at radius 2 is 1.89 bits per heavy atom. The van der Waals surface area contributed by atoms with Crippen molar-refractivity contribution in [1.82, 2.24) is 15.2 Å². The molecule has 1 saturated heterocycles. The van der Waals surface area contributed by atoms with Crippen LogP contribution in [0.15, 0.2) is 67.4 Å². The van der Waals surface area contributed by atoms with Gasteiger partial charge in [-0.2, -0.15) is 0 Å². The summed E-state index contributed by atoms with van der Waals surface area (Å²) >= 11 is 0. The largest absolute Gasteiger partial charge is 0.321 e. The van der Waals surface area contributed by atoms with Gasteiger partial charge in [-0.05, 0) is 53.1 Å². The molecule has 1 fully saturated rings. The van der Waals surface area contributed by atoms with Gasteiger partial charge in [-0.1, -0.05) is 57.0 Å². The van der Waals surface area contributed by atoms with E-state index in [9.17, 15) is 13.2 Å². The van der Waals surface area contributed by atoms with Crippen LogP contribution in [0, 0.1) is 17.0 Å². The number of hydrogen-bond donors (Lipinski definition) is 2. The molecule has 0 spiro atoms. The van der Waals surface area contributed by atoms with Crippen molar-refractivity contribution in [2.24, 2.45) is 0 Å². The van der Waals surface area contributed by atoms with Gasteiger partial charge in [0.2, 0.25) is 0 Å². The number of halogens is 3. The summed E-state index contributed by atoms with van der Waals surface area (Å²) in [5, 5.41) is 9.13. The predicted octanol–water partition coefficient (Wildman–Crippen LogP) is 6.00. The topological polar surface area (TPSA) is 54.3 Å². The first kappa shape index (κ1) is 31.0. The van der Waals surface area contributed by atoms with Gasteiger partial charge in [-0.15, -0.1) is 0 Å². The van der Waals surface area contributed by atoms with E-state index >= 15 is 0 Å². The lowest BCUT2D eigenvalue weighted by Crippen LogP contribution is -2.37. The summed E-state index contributed by atoms with van der Waals surface area (Å²) in [6, 6.07) is 15.2. The average molecular weight is 517 g/mol. The molecule has 1 atom stereocenters. The minimum absolute atomic E-state index is 0. The van der Waals surface area contributed by atoms with Crippen molar-refractivity contribution in [2.75, 3.05) is 24.4 Å². The number of alkyl halides is 2. The third-order valence-corrected chi connectivity index (χ3v) is 7.22. The van der Waals surface area contributed by atoms with Gasteiger partial charge in [0.1, 0.15) is 5.82 Å². The van der Waals surface area contributed by atoms with Crippen molar-refractivity contribution in [1.29, 1.82) is 5.26 Å². The summed E-state index contributed by atoms with van der Waals surface area (Å²) in [4.78, 5) is 0. The summed E-state index contributed by atoms with van der Waals surface area (Å²) < 4.78 is 41.9. The maximum atomic E-state index is 14.6. The second-order valence-corrected chi connectivity index (χ2v) is 9.44. The van der Waals surface area contributed by atoms with E-state index in [1.54, 1.807) is 6.08 Å². The summed E-state index contributed by atoms with van der Waals surface area (Å²) in [7, 11) is 1.04. The third kappa shape index (κ3) is 9.23. The smallest absolute Gasteiger partial charge is 0.278 e. The molecular formula is C26H35BF3N5S. The van der Waals surface area contributed by atoms with Gasteiger partial charge in [0.15, 0.2) is 0 Å². The second kappa shape index (κ2) is 15.9.